The number of hydrogen-bond donors (Lipinski definition) is 2. The lowest BCUT2D eigenvalue weighted by Crippen LogP contribution is -2.49. The molecule has 35 heavy (non-hydrogen) atoms. The van der Waals surface area contributed by atoms with E-state index >= 15 is 0 Å². The fourth-order valence-corrected chi connectivity index (χ4v) is 2.68. The first-order valence-corrected chi connectivity index (χ1v) is 11.1. The Balaban J connectivity index is 2.93. The average molecular weight is 495 g/mol. The number of methoxy groups -OCH3 is 1. The second kappa shape index (κ2) is 13.9. The molecule has 0 aliphatic carbocycles. The lowest BCUT2D eigenvalue weighted by atomic mass is 10.1. The molecule has 0 unspecified atom stereocenters. The number of amides is 2. The van der Waals surface area contributed by atoms with E-state index in [4.69, 9.17) is 14.2 Å². The molecule has 0 heterocycles. The highest BCUT2D eigenvalue weighted by Crippen LogP contribution is 2.09. The van der Waals surface area contributed by atoms with Crippen LogP contribution >= 0.6 is 0 Å². The normalized spacial score (nSPS) is 12.7. The maximum atomic E-state index is 12.7. The van der Waals surface area contributed by atoms with Crippen molar-refractivity contribution >= 4 is 30.1 Å². The van der Waals surface area contributed by atoms with Crippen LogP contribution in [0.5, 0.6) is 0 Å². The van der Waals surface area contributed by atoms with Gasteiger partial charge in [0.25, 0.3) is 0 Å². The predicted molar refractivity (Wildman–Crippen MR) is 124 cm³/mol. The molecule has 194 valence electrons. The summed E-state index contributed by atoms with van der Waals surface area (Å²) in [6.07, 6.45) is -2.66. The summed E-state index contributed by atoms with van der Waals surface area (Å²) in [6, 6.07) is 6.08. The van der Waals surface area contributed by atoms with Crippen LogP contribution in [0, 0.1) is 5.92 Å². The maximum absolute atomic E-state index is 12.7. The van der Waals surface area contributed by atoms with E-state index in [-0.39, 0.29) is 18.9 Å². The molecule has 0 bridgehead atoms. The summed E-state index contributed by atoms with van der Waals surface area (Å²) in [6.45, 7) is 8.60. The zero-order valence-electron chi connectivity index (χ0n) is 20.9. The van der Waals surface area contributed by atoms with Crippen LogP contribution < -0.4 is 10.6 Å². The first kappa shape index (κ1) is 29.4. The minimum absolute atomic E-state index is 0.00522. The van der Waals surface area contributed by atoms with E-state index in [2.05, 4.69) is 15.4 Å². The molecule has 11 nitrogen and oxygen atoms in total. The number of carbonyl (C=O) groups is 5. The third-order valence-electron chi connectivity index (χ3n) is 4.19. The standard InChI is InChI=1S/C24H34N2O9/c1-15(2)14-33-23(31)34-21(29)17(12-16-10-8-7-9-11-16)25-19(27)13-18(20(28)32-6)26-22(30)35-24(3,4)5/h7-11,15,17-18H,12-14H2,1-6H3,(H,25,27)(H,26,30)/t17-,18+/m0/s1. The molecule has 0 aliphatic rings. The van der Waals surface area contributed by atoms with E-state index in [1.807, 2.05) is 13.8 Å². The predicted octanol–water partition coefficient (Wildman–Crippen LogP) is 2.51. The zero-order chi connectivity index (χ0) is 26.6. The number of nitrogens with one attached hydrogen (secondary N) is 2. The largest absolute Gasteiger partial charge is 0.516 e. The van der Waals surface area contributed by atoms with Crippen LogP contribution in [0.3, 0.4) is 0 Å². The van der Waals surface area contributed by atoms with Crippen molar-refractivity contribution in [1.82, 2.24) is 10.6 Å². The highest BCUT2D eigenvalue weighted by atomic mass is 16.7. The Morgan fingerprint density at radius 2 is 1.54 bits per heavy atom. The Morgan fingerprint density at radius 3 is 2.09 bits per heavy atom. The molecule has 1 aromatic rings. The van der Waals surface area contributed by atoms with Crippen molar-refractivity contribution in [2.75, 3.05) is 13.7 Å². The van der Waals surface area contributed by atoms with Crippen molar-refractivity contribution in [3.05, 3.63) is 35.9 Å². The summed E-state index contributed by atoms with van der Waals surface area (Å²) in [5.41, 5.74) is -0.149. The molecular formula is C24H34N2O9. The van der Waals surface area contributed by atoms with Crippen molar-refractivity contribution < 1.29 is 42.9 Å². The lowest BCUT2D eigenvalue weighted by molar-refractivity contribution is -0.146. The summed E-state index contributed by atoms with van der Waals surface area (Å²) in [5, 5.41) is 4.73. The second-order valence-corrected chi connectivity index (χ2v) is 9.11. The third-order valence-corrected chi connectivity index (χ3v) is 4.19. The number of alkyl carbamates (subject to hydrolysis) is 1. The smallest absolute Gasteiger partial charge is 0.467 e. The second-order valence-electron chi connectivity index (χ2n) is 9.11. The van der Waals surface area contributed by atoms with Crippen LogP contribution in [-0.2, 0) is 39.8 Å². The van der Waals surface area contributed by atoms with E-state index in [0.717, 1.165) is 7.11 Å². The zero-order valence-corrected chi connectivity index (χ0v) is 20.9. The molecule has 0 radical (unpaired) electrons. The number of carbonyl (C=O) groups excluding carboxylic acids is 5. The maximum Gasteiger partial charge on any atom is 0.516 e. The van der Waals surface area contributed by atoms with E-state index in [0.29, 0.717) is 5.56 Å². The monoisotopic (exact) mass is 494 g/mol. The highest BCUT2D eigenvalue weighted by Gasteiger charge is 2.31. The molecule has 0 fully saturated rings. The molecular weight excluding hydrogens is 460 g/mol. The number of benzene rings is 1. The molecule has 11 heteroatoms. The fraction of sp³-hybridized carbons (Fsp3) is 0.542. The van der Waals surface area contributed by atoms with Gasteiger partial charge in [-0.25, -0.2) is 19.2 Å². The van der Waals surface area contributed by atoms with Gasteiger partial charge in [0.05, 0.1) is 20.1 Å². The lowest BCUT2D eigenvalue weighted by Gasteiger charge is -2.23. The highest BCUT2D eigenvalue weighted by molar-refractivity contribution is 5.92. The van der Waals surface area contributed by atoms with Crippen LogP contribution in [0.1, 0.15) is 46.6 Å². The molecule has 2 N–H and O–H groups in total. The topological polar surface area (TPSA) is 146 Å². The summed E-state index contributed by atoms with van der Waals surface area (Å²) < 4.78 is 19.3. The average Bonchev–Trinajstić information content (AvgIpc) is 2.75. The van der Waals surface area contributed by atoms with Crippen molar-refractivity contribution in [1.29, 1.82) is 0 Å². The molecule has 1 rings (SSSR count). The molecule has 0 aromatic heterocycles. The van der Waals surface area contributed by atoms with Gasteiger partial charge < -0.3 is 29.6 Å². The third kappa shape index (κ3) is 12.4. The molecule has 1 aromatic carbocycles. The number of esters is 2. The molecule has 0 saturated carbocycles. The minimum Gasteiger partial charge on any atom is -0.467 e. The van der Waals surface area contributed by atoms with Crippen molar-refractivity contribution in [3.8, 4) is 0 Å². The number of rotatable bonds is 10. The van der Waals surface area contributed by atoms with Gasteiger partial charge in [-0.05, 0) is 32.3 Å². The van der Waals surface area contributed by atoms with Gasteiger partial charge in [-0.1, -0.05) is 44.2 Å². The summed E-state index contributed by atoms with van der Waals surface area (Å²) >= 11 is 0. The van der Waals surface area contributed by atoms with Gasteiger partial charge in [-0.15, -0.1) is 0 Å². The molecule has 2 amide bonds. The summed E-state index contributed by atoms with van der Waals surface area (Å²) in [4.78, 5) is 61.4. The van der Waals surface area contributed by atoms with Gasteiger partial charge in [0, 0.05) is 6.42 Å². The van der Waals surface area contributed by atoms with Gasteiger partial charge in [0.2, 0.25) is 5.91 Å². The fourth-order valence-electron chi connectivity index (χ4n) is 2.68. The molecule has 0 spiro atoms. The van der Waals surface area contributed by atoms with Crippen LogP contribution in [0.25, 0.3) is 0 Å². The van der Waals surface area contributed by atoms with Gasteiger partial charge in [0.1, 0.15) is 17.7 Å². The van der Waals surface area contributed by atoms with E-state index in [1.165, 1.54) is 0 Å². The first-order chi connectivity index (χ1) is 16.3. The van der Waals surface area contributed by atoms with E-state index in [1.54, 1.807) is 51.1 Å². The van der Waals surface area contributed by atoms with Crippen molar-refractivity contribution in [2.45, 2.75) is 65.1 Å². The van der Waals surface area contributed by atoms with Gasteiger partial charge >= 0.3 is 24.2 Å². The summed E-state index contributed by atoms with van der Waals surface area (Å²) in [7, 11) is 1.10. The summed E-state index contributed by atoms with van der Waals surface area (Å²) in [5.74, 6) is -2.66. The van der Waals surface area contributed by atoms with E-state index in [9.17, 15) is 24.0 Å². The Bertz CT molecular complexity index is 879. The Morgan fingerprint density at radius 1 is 0.914 bits per heavy atom. The number of hydrogen-bond acceptors (Lipinski definition) is 9. The Hall–Kier alpha value is -3.63. The minimum atomic E-state index is -1.38. The van der Waals surface area contributed by atoms with Crippen molar-refractivity contribution in [3.63, 3.8) is 0 Å². The number of ether oxygens (including phenoxy) is 4. The van der Waals surface area contributed by atoms with Gasteiger partial charge in [0.15, 0.2) is 0 Å². The Labute approximate surface area is 204 Å². The SMILES string of the molecule is COC(=O)[C@@H](CC(=O)N[C@@H](Cc1ccccc1)C(=O)OC(=O)OCC(C)C)NC(=O)OC(C)(C)C. The van der Waals surface area contributed by atoms with Gasteiger partial charge in [-0.2, -0.15) is 0 Å². The van der Waals surface area contributed by atoms with Crippen LogP contribution in [0.2, 0.25) is 0 Å². The van der Waals surface area contributed by atoms with Gasteiger partial charge in [-0.3, -0.25) is 4.79 Å². The van der Waals surface area contributed by atoms with Crippen LogP contribution in [0.4, 0.5) is 9.59 Å². The Kier molecular flexibility index (Phi) is 11.7. The molecule has 0 saturated heterocycles. The van der Waals surface area contributed by atoms with Crippen molar-refractivity contribution in [2.24, 2.45) is 5.92 Å². The molecule has 2 atom stereocenters. The molecule has 0 aliphatic heterocycles. The first-order valence-electron chi connectivity index (χ1n) is 11.1. The van der Waals surface area contributed by atoms with E-state index < -0.39 is 54.2 Å². The van der Waals surface area contributed by atoms with Crippen LogP contribution in [-0.4, -0.2) is 61.5 Å². The quantitative estimate of drug-likeness (QED) is 0.284. The van der Waals surface area contributed by atoms with Crippen LogP contribution in [0.15, 0.2) is 30.3 Å².